The zero-order valence-corrected chi connectivity index (χ0v) is 13.6. The number of nitrogens with one attached hydrogen (secondary N) is 2. The second-order valence-corrected chi connectivity index (χ2v) is 5.62. The van der Waals surface area contributed by atoms with Crippen LogP contribution in [0.25, 0.3) is 0 Å². The minimum atomic E-state index is -0.123. The van der Waals surface area contributed by atoms with Crippen molar-refractivity contribution in [2.24, 2.45) is 0 Å². The van der Waals surface area contributed by atoms with Crippen LogP contribution in [-0.4, -0.2) is 49.7 Å². The fourth-order valence-electron chi connectivity index (χ4n) is 1.80. The van der Waals surface area contributed by atoms with E-state index in [1.807, 2.05) is 37.4 Å². The number of rotatable bonds is 8. The molecule has 0 radical (unpaired) electrons. The zero-order chi connectivity index (χ0) is 15.7. The van der Waals surface area contributed by atoms with E-state index in [9.17, 15) is 9.59 Å². The first-order valence-corrected chi connectivity index (χ1v) is 8.17. The number of amides is 2. The highest BCUT2D eigenvalue weighted by molar-refractivity contribution is 7.98. The fraction of sp³-hybridized carbons (Fsp3) is 0.467. The lowest BCUT2D eigenvalue weighted by atomic mass is 10.3. The normalized spacial score (nSPS) is 10.5. The van der Waals surface area contributed by atoms with E-state index in [1.165, 1.54) is 0 Å². The molecular formula is C15H23N3O2S. The Bertz CT molecular complexity index is 480. The molecule has 116 valence electrons. The van der Waals surface area contributed by atoms with Gasteiger partial charge in [0.15, 0.2) is 0 Å². The number of carbonyl (C=O) groups excluding carboxylic acids is 2. The molecule has 0 aromatic heterocycles. The molecule has 1 aromatic rings. The minimum absolute atomic E-state index is 0.0586. The van der Waals surface area contributed by atoms with Gasteiger partial charge in [0.05, 0.1) is 18.8 Å². The Morgan fingerprint density at radius 2 is 1.86 bits per heavy atom. The number of anilines is 1. The molecule has 1 aromatic carbocycles. The summed E-state index contributed by atoms with van der Waals surface area (Å²) in [6.45, 7) is 3.07. The summed E-state index contributed by atoms with van der Waals surface area (Å²) < 4.78 is 0. The van der Waals surface area contributed by atoms with E-state index in [2.05, 4.69) is 10.6 Å². The first kappa shape index (κ1) is 17.5. The van der Waals surface area contributed by atoms with Crippen LogP contribution in [0.3, 0.4) is 0 Å². The summed E-state index contributed by atoms with van der Waals surface area (Å²) in [5.41, 5.74) is 0.804. The molecule has 0 bridgehead atoms. The predicted octanol–water partition coefficient (Wildman–Crippen LogP) is 1.80. The van der Waals surface area contributed by atoms with E-state index >= 15 is 0 Å². The average Bonchev–Trinajstić information content (AvgIpc) is 2.45. The molecular weight excluding hydrogens is 286 g/mol. The highest BCUT2D eigenvalue weighted by Gasteiger charge is 2.11. The van der Waals surface area contributed by atoms with Gasteiger partial charge in [-0.15, -0.1) is 11.8 Å². The third kappa shape index (κ3) is 6.64. The molecule has 0 atom stereocenters. The van der Waals surface area contributed by atoms with Crippen LogP contribution in [-0.2, 0) is 9.59 Å². The summed E-state index contributed by atoms with van der Waals surface area (Å²) >= 11 is 1.58. The summed E-state index contributed by atoms with van der Waals surface area (Å²) in [6.07, 6.45) is 2.87. The van der Waals surface area contributed by atoms with Crippen molar-refractivity contribution in [2.75, 3.05) is 38.3 Å². The van der Waals surface area contributed by atoms with E-state index in [-0.39, 0.29) is 24.9 Å². The van der Waals surface area contributed by atoms with Gasteiger partial charge in [-0.3, -0.25) is 14.5 Å². The molecule has 21 heavy (non-hydrogen) atoms. The summed E-state index contributed by atoms with van der Waals surface area (Å²) in [5, 5.41) is 5.66. The number of likely N-dealkylation sites (N-methyl/N-ethyl adjacent to an activating group) is 1. The summed E-state index contributed by atoms with van der Waals surface area (Å²) in [7, 11) is 1.76. The average molecular weight is 309 g/mol. The van der Waals surface area contributed by atoms with Gasteiger partial charge in [0.1, 0.15) is 0 Å². The van der Waals surface area contributed by atoms with Gasteiger partial charge in [-0.05, 0) is 31.9 Å². The number of nitrogens with zero attached hydrogens (tertiary/aromatic N) is 1. The van der Waals surface area contributed by atoms with Gasteiger partial charge in [0.2, 0.25) is 11.8 Å². The molecule has 0 aliphatic rings. The second-order valence-electron chi connectivity index (χ2n) is 4.77. The number of carbonyl (C=O) groups is 2. The first-order chi connectivity index (χ1) is 10.1. The third-order valence-corrected chi connectivity index (χ3v) is 3.58. The number of thioether (sulfide) groups is 1. The van der Waals surface area contributed by atoms with Crippen molar-refractivity contribution in [3.8, 4) is 0 Å². The van der Waals surface area contributed by atoms with Gasteiger partial charge in [0, 0.05) is 11.4 Å². The van der Waals surface area contributed by atoms with Gasteiger partial charge in [-0.1, -0.05) is 19.1 Å². The van der Waals surface area contributed by atoms with Crippen molar-refractivity contribution in [2.45, 2.75) is 18.2 Å². The molecule has 0 saturated carbocycles. The van der Waals surface area contributed by atoms with Crippen molar-refractivity contribution in [1.29, 1.82) is 0 Å². The molecule has 0 saturated heterocycles. The largest absolute Gasteiger partial charge is 0.355 e. The monoisotopic (exact) mass is 309 g/mol. The predicted molar refractivity (Wildman–Crippen MR) is 87.7 cm³/mol. The van der Waals surface area contributed by atoms with Crippen molar-refractivity contribution in [3.63, 3.8) is 0 Å². The van der Waals surface area contributed by atoms with Crippen molar-refractivity contribution in [1.82, 2.24) is 10.2 Å². The fourth-order valence-corrected chi connectivity index (χ4v) is 2.36. The van der Waals surface area contributed by atoms with Gasteiger partial charge in [-0.2, -0.15) is 0 Å². The van der Waals surface area contributed by atoms with E-state index in [1.54, 1.807) is 23.7 Å². The van der Waals surface area contributed by atoms with Crippen LogP contribution in [0, 0.1) is 0 Å². The lowest BCUT2D eigenvalue weighted by molar-refractivity contribution is -0.122. The van der Waals surface area contributed by atoms with Crippen molar-refractivity contribution < 1.29 is 9.59 Å². The quantitative estimate of drug-likeness (QED) is 0.719. The highest BCUT2D eigenvalue weighted by atomic mass is 32.2. The molecule has 1 rings (SSSR count). The lowest BCUT2D eigenvalue weighted by Gasteiger charge is -2.16. The van der Waals surface area contributed by atoms with Gasteiger partial charge in [0.25, 0.3) is 0 Å². The lowest BCUT2D eigenvalue weighted by Crippen LogP contribution is -2.39. The van der Waals surface area contributed by atoms with E-state index < -0.39 is 0 Å². The highest BCUT2D eigenvalue weighted by Crippen LogP contribution is 2.24. The smallest absolute Gasteiger partial charge is 0.238 e. The summed E-state index contributed by atoms with van der Waals surface area (Å²) in [6, 6.07) is 7.66. The summed E-state index contributed by atoms with van der Waals surface area (Å²) in [5.74, 6) is -0.182. The number of para-hydroxylation sites is 1. The molecule has 2 N–H and O–H groups in total. The maximum absolute atomic E-state index is 12.0. The van der Waals surface area contributed by atoms with Gasteiger partial charge >= 0.3 is 0 Å². The Labute approximate surface area is 130 Å². The molecule has 0 heterocycles. The minimum Gasteiger partial charge on any atom is -0.355 e. The molecule has 0 unspecified atom stereocenters. The Balaban J connectivity index is 2.44. The van der Waals surface area contributed by atoms with Gasteiger partial charge < -0.3 is 10.6 Å². The van der Waals surface area contributed by atoms with Crippen LogP contribution in [0.2, 0.25) is 0 Å². The SMILES string of the molecule is CCCNC(=O)CN(C)CC(=O)Nc1ccccc1SC. The van der Waals surface area contributed by atoms with Gasteiger partial charge in [-0.25, -0.2) is 0 Å². The Morgan fingerprint density at radius 1 is 1.19 bits per heavy atom. The second kappa shape index (κ2) is 9.41. The maximum Gasteiger partial charge on any atom is 0.238 e. The zero-order valence-electron chi connectivity index (χ0n) is 12.8. The number of benzene rings is 1. The van der Waals surface area contributed by atoms with E-state index in [0.29, 0.717) is 6.54 Å². The molecule has 2 amide bonds. The number of hydrogen-bond donors (Lipinski definition) is 2. The molecule has 0 spiro atoms. The third-order valence-electron chi connectivity index (χ3n) is 2.78. The van der Waals surface area contributed by atoms with Crippen LogP contribution in [0.4, 0.5) is 5.69 Å². The first-order valence-electron chi connectivity index (χ1n) is 6.95. The Hall–Kier alpha value is -1.53. The standard InChI is InChI=1S/C15H23N3O2S/c1-4-9-16-14(19)10-18(2)11-15(20)17-12-7-5-6-8-13(12)21-3/h5-8H,4,9-11H2,1-3H3,(H,16,19)(H,17,20). The van der Waals surface area contributed by atoms with Crippen molar-refractivity contribution in [3.05, 3.63) is 24.3 Å². The molecule has 5 nitrogen and oxygen atoms in total. The Kier molecular flexibility index (Phi) is 7.85. The molecule has 6 heteroatoms. The van der Waals surface area contributed by atoms with Crippen LogP contribution in [0.1, 0.15) is 13.3 Å². The molecule has 0 aliphatic carbocycles. The van der Waals surface area contributed by atoms with Crippen LogP contribution >= 0.6 is 11.8 Å². The molecule has 0 fully saturated rings. The number of hydrogen-bond acceptors (Lipinski definition) is 4. The van der Waals surface area contributed by atoms with Crippen molar-refractivity contribution >= 4 is 29.3 Å². The van der Waals surface area contributed by atoms with E-state index in [4.69, 9.17) is 0 Å². The van der Waals surface area contributed by atoms with Crippen LogP contribution < -0.4 is 10.6 Å². The maximum atomic E-state index is 12.0. The van der Waals surface area contributed by atoms with Crippen LogP contribution in [0.5, 0.6) is 0 Å². The molecule has 0 aliphatic heterocycles. The topological polar surface area (TPSA) is 61.4 Å². The van der Waals surface area contributed by atoms with E-state index in [0.717, 1.165) is 17.0 Å². The Morgan fingerprint density at radius 3 is 2.52 bits per heavy atom. The van der Waals surface area contributed by atoms with Crippen LogP contribution in [0.15, 0.2) is 29.2 Å². The summed E-state index contributed by atoms with van der Waals surface area (Å²) in [4.78, 5) is 26.3.